The lowest BCUT2D eigenvalue weighted by Crippen LogP contribution is -2.46. The number of aromatic nitrogens is 1. The third kappa shape index (κ3) is 5.79. The maximum absolute atomic E-state index is 12.9. The molecule has 0 aliphatic carbocycles. The van der Waals surface area contributed by atoms with Crippen LogP contribution < -0.4 is 5.32 Å². The van der Waals surface area contributed by atoms with Crippen molar-refractivity contribution in [2.75, 3.05) is 38.6 Å². The molecule has 1 aliphatic heterocycles. The van der Waals surface area contributed by atoms with E-state index in [1.54, 1.807) is 12.4 Å². The number of rotatable bonds is 8. The summed E-state index contributed by atoms with van der Waals surface area (Å²) in [5.41, 5.74) is 3.61. The third-order valence-corrected chi connectivity index (χ3v) is 5.73. The fourth-order valence-corrected chi connectivity index (χ4v) is 4.13. The SMILES string of the molecule is Cc1ccccc1CSCCNC(=O)[C@H](c1cccnc1)N1CCOCC1. The van der Waals surface area contributed by atoms with Crippen LogP contribution in [0.1, 0.15) is 22.7 Å². The van der Waals surface area contributed by atoms with Crippen molar-refractivity contribution in [1.29, 1.82) is 0 Å². The van der Waals surface area contributed by atoms with Gasteiger partial charge in [0.05, 0.1) is 13.2 Å². The van der Waals surface area contributed by atoms with Crippen LogP contribution in [0.25, 0.3) is 0 Å². The van der Waals surface area contributed by atoms with E-state index in [1.165, 1.54) is 11.1 Å². The number of amides is 1. The minimum Gasteiger partial charge on any atom is -0.379 e. The molecule has 2 heterocycles. The molecule has 3 rings (SSSR count). The monoisotopic (exact) mass is 385 g/mol. The molecule has 6 heteroatoms. The van der Waals surface area contributed by atoms with Crippen molar-refractivity contribution in [3.63, 3.8) is 0 Å². The third-order valence-electron chi connectivity index (χ3n) is 4.72. The maximum Gasteiger partial charge on any atom is 0.242 e. The van der Waals surface area contributed by atoms with Crippen molar-refractivity contribution >= 4 is 17.7 Å². The molecule has 0 bridgehead atoms. The molecule has 1 aromatic heterocycles. The van der Waals surface area contributed by atoms with Gasteiger partial charge in [-0.25, -0.2) is 0 Å². The summed E-state index contributed by atoms with van der Waals surface area (Å²) in [4.78, 5) is 19.3. The Morgan fingerprint density at radius 2 is 2.07 bits per heavy atom. The maximum atomic E-state index is 12.9. The zero-order chi connectivity index (χ0) is 18.9. The van der Waals surface area contributed by atoms with Crippen LogP contribution in [0.2, 0.25) is 0 Å². The van der Waals surface area contributed by atoms with Crippen molar-refractivity contribution in [3.8, 4) is 0 Å². The highest BCUT2D eigenvalue weighted by Gasteiger charge is 2.28. The van der Waals surface area contributed by atoms with Gasteiger partial charge in [0, 0.05) is 43.5 Å². The molecule has 1 fully saturated rings. The number of hydrogen-bond donors (Lipinski definition) is 1. The first-order chi connectivity index (χ1) is 13.3. The zero-order valence-corrected chi connectivity index (χ0v) is 16.6. The van der Waals surface area contributed by atoms with Crippen molar-refractivity contribution in [2.24, 2.45) is 0 Å². The summed E-state index contributed by atoms with van der Waals surface area (Å²) in [5.74, 6) is 1.91. The number of carbonyl (C=O) groups excluding carboxylic acids is 1. The van der Waals surface area contributed by atoms with E-state index in [1.807, 2.05) is 23.9 Å². The lowest BCUT2D eigenvalue weighted by molar-refractivity contribution is -0.128. The molecule has 1 saturated heterocycles. The minimum atomic E-state index is -0.302. The molecule has 0 spiro atoms. The Hall–Kier alpha value is -1.89. The highest BCUT2D eigenvalue weighted by Crippen LogP contribution is 2.21. The van der Waals surface area contributed by atoms with E-state index in [0.717, 1.165) is 30.2 Å². The molecule has 1 amide bonds. The Bertz CT molecular complexity index is 720. The first-order valence-electron chi connectivity index (χ1n) is 9.37. The average Bonchev–Trinajstić information content (AvgIpc) is 2.71. The summed E-state index contributed by atoms with van der Waals surface area (Å²) in [7, 11) is 0. The number of ether oxygens (including phenoxy) is 1. The number of morpholine rings is 1. The minimum absolute atomic E-state index is 0.0430. The Labute approximate surface area is 165 Å². The van der Waals surface area contributed by atoms with Gasteiger partial charge in [0.1, 0.15) is 6.04 Å². The molecular formula is C21H27N3O2S. The van der Waals surface area contributed by atoms with E-state index in [2.05, 4.69) is 46.4 Å². The van der Waals surface area contributed by atoms with Crippen LogP contribution in [-0.4, -0.2) is 54.4 Å². The van der Waals surface area contributed by atoms with Gasteiger partial charge >= 0.3 is 0 Å². The fourth-order valence-electron chi connectivity index (χ4n) is 3.20. The van der Waals surface area contributed by atoms with Crippen LogP contribution in [0.15, 0.2) is 48.8 Å². The highest BCUT2D eigenvalue weighted by molar-refractivity contribution is 7.98. The zero-order valence-electron chi connectivity index (χ0n) is 15.8. The van der Waals surface area contributed by atoms with Gasteiger partial charge in [0.25, 0.3) is 0 Å². The van der Waals surface area contributed by atoms with Gasteiger partial charge in [0.15, 0.2) is 0 Å². The Kier molecular flexibility index (Phi) is 7.68. The second kappa shape index (κ2) is 10.4. The van der Waals surface area contributed by atoms with Gasteiger partial charge in [-0.05, 0) is 29.7 Å². The Morgan fingerprint density at radius 1 is 1.26 bits per heavy atom. The predicted octanol–water partition coefficient (Wildman–Crippen LogP) is 2.81. The first kappa shape index (κ1) is 19.9. The Morgan fingerprint density at radius 3 is 2.81 bits per heavy atom. The lowest BCUT2D eigenvalue weighted by atomic mass is 10.1. The van der Waals surface area contributed by atoms with Crippen LogP contribution in [0.3, 0.4) is 0 Å². The molecular weight excluding hydrogens is 358 g/mol. The molecule has 1 N–H and O–H groups in total. The van der Waals surface area contributed by atoms with Crippen molar-refractivity contribution in [2.45, 2.75) is 18.7 Å². The van der Waals surface area contributed by atoms with E-state index in [9.17, 15) is 4.79 Å². The molecule has 27 heavy (non-hydrogen) atoms. The van der Waals surface area contributed by atoms with E-state index in [0.29, 0.717) is 19.8 Å². The van der Waals surface area contributed by atoms with Gasteiger partial charge in [-0.1, -0.05) is 30.3 Å². The van der Waals surface area contributed by atoms with Gasteiger partial charge in [0.2, 0.25) is 5.91 Å². The summed E-state index contributed by atoms with van der Waals surface area (Å²) in [6.45, 7) is 5.64. The Balaban J connectivity index is 1.51. The number of hydrogen-bond acceptors (Lipinski definition) is 5. The molecule has 144 valence electrons. The second-order valence-corrected chi connectivity index (χ2v) is 7.71. The van der Waals surface area contributed by atoms with Crippen molar-refractivity contribution in [1.82, 2.24) is 15.2 Å². The molecule has 5 nitrogen and oxygen atoms in total. The second-order valence-electron chi connectivity index (χ2n) is 6.61. The van der Waals surface area contributed by atoms with E-state index in [4.69, 9.17) is 4.74 Å². The molecule has 1 atom stereocenters. The van der Waals surface area contributed by atoms with Crippen molar-refractivity contribution < 1.29 is 9.53 Å². The first-order valence-corrected chi connectivity index (χ1v) is 10.5. The lowest BCUT2D eigenvalue weighted by Gasteiger charge is -2.33. The van der Waals surface area contributed by atoms with Crippen LogP contribution in [0, 0.1) is 6.92 Å². The summed E-state index contributed by atoms with van der Waals surface area (Å²) in [5, 5.41) is 3.11. The van der Waals surface area contributed by atoms with Gasteiger partial charge in [-0.3, -0.25) is 14.7 Å². The molecule has 0 saturated carbocycles. The van der Waals surface area contributed by atoms with Gasteiger partial charge < -0.3 is 10.1 Å². The number of nitrogens with one attached hydrogen (secondary N) is 1. The summed E-state index contributed by atoms with van der Waals surface area (Å²) in [6.07, 6.45) is 3.52. The van der Waals surface area contributed by atoms with Crippen LogP contribution in [0.4, 0.5) is 0 Å². The molecule has 0 radical (unpaired) electrons. The summed E-state index contributed by atoms with van der Waals surface area (Å²) < 4.78 is 5.44. The van der Waals surface area contributed by atoms with Crippen molar-refractivity contribution in [3.05, 3.63) is 65.5 Å². The summed E-state index contributed by atoms with van der Waals surface area (Å²) in [6, 6.07) is 12.0. The number of nitrogens with zero attached hydrogens (tertiary/aromatic N) is 2. The molecule has 0 unspecified atom stereocenters. The van der Waals surface area contributed by atoms with Gasteiger partial charge in [-0.15, -0.1) is 0 Å². The number of carbonyl (C=O) groups is 1. The number of thioether (sulfide) groups is 1. The molecule has 1 aliphatic rings. The fraction of sp³-hybridized carbons (Fsp3) is 0.429. The quantitative estimate of drug-likeness (QED) is 0.708. The number of pyridine rings is 1. The number of benzene rings is 1. The molecule has 1 aromatic carbocycles. The highest BCUT2D eigenvalue weighted by atomic mass is 32.2. The van der Waals surface area contributed by atoms with Gasteiger partial charge in [-0.2, -0.15) is 11.8 Å². The van der Waals surface area contributed by atoms with Crippen LogP contribution in [-0.2, 0) is 15.3 Å². The van der Waals surface area contributed by atoms with E-state index >= 15 is 0 Å². The number of aryl methyl sites for hydroxylation is 1. The van der Waals surface area contributed by atoms with Crippen LogP contribution in [0.5, 0.6) is 0 Å². The average molecular weight is 386 g/mol. The normalized spacial score (nSPS) is 16.0. The van der Waals surface area contributed by atoms with E-state index < -0.39 is 0 Å². The van der Waals surface area contributed by atoms with E-state index in [-0.39, 0.29) is 11.9 Å². The standard InChI is InChI=1S/C21H27N3O2S/c1-17-5-2-3-6-19(17)16-27-14-9-23-21(25)20(18-7-4-8-22-15-18)24-10-12-26-13-11-24/h2-8,15,20H,9-14,16H2,1H3,(H,23,25)/t20-/m0/s1. The largest absolute Gasteiger partial charge is 0.379 e. The topological polar surface area (TPSA) is 54.5 Å². The van der Waals surface area contributed by atoms with Crippen LogP contribution >= 0.6 is 11.8 Å². The smallest absolute Gasteiger partial charge is 0.242 e. The molecule has 2 aromatic rings. The predicted molar refractivity (Wildman–Crippen MR) is 110 cm³/mol. The summed E-state index contributed by atoms with van der Waals surface area (Å²) >= 11 is 1.84.